The van der Waals surface area contributed by atoms with Gasteiger partial charge in [0, 0.05) is 42.5 Å². The third kappa shape index (κ3) is 3.14. The molecular weight excluding hydrogens is 314 g/mol. The van der Waals surface area contributed by atoms with Crippen molar-refractivity contribution in [3.63, 3.8) is 0 Å². The molecule has 0 unspecified atom stereocenters. The standard InChI is InChI=1S/C19H17N5O/c25-19(23-7-4-15-11-20-12-24-15)14-3-1-2-13(10-14)16-5-8-21-18-17(16)6-9-22-18/h1-3,5-6,8-12H,4,7H2,(H,20,24)(H,21,22)(H,23,25). The zero-order chi connectivity index (χ0) is 17.1. The second-order valence-electron chi connectivity index (χ2n) is 5.75. The Morgan fingerprint density at radius 1 is 1.16 bits per heavy atom. The molecule has 4 rings (SSSR count). The number of hydrogen-bond acceptors (Lipinski definition) is 3. The number of amides is 1. The lowest BCUT2D eigenvalue weighted by atomic mass is 10.0. The maximum Gasteiger partial charge on any atom is 0.251 e. The number of aromatic nitrogens is 4. The molecule has 0 aliphatic carbocycles. The molecule has 0 saturated heterocycles. The van der Waals surface area contributed by atoms with Crippen LogP contribution in [0.4, 0.5) is 0 Å². The maximum absolute atomic E-state index is 12.4. The molecule has 1 amide bonds. The minimum atomic E-state index is -0.0863. The number of nitrogens with one attached hydrogen (secondary N) is 3. The predicted molar refractivity (Wildman–Crippen MR) is 96.2 cm³/mol. The molecule has 0 aliphatic heterocycles. The molecule has 0 spiro atoms. The van der Waals surface area contributed by atoms with Gasteiger partial charge in [0.25, 0.3) is 5.91 Å². The Bertz CT molecular complexity index is 1000. The van der Waals surface area contributed by atoms with Gasteiger partial charge in [0.15, 0.2) is 0 Å². The number of rotatable bonds is 5. The Kier molecular flexibility index (Phi) is 4.00. The number of nitrogens with zero attached hydrogens (tertiary/aromatic N) is 2. The normalized spacial score (nSPS) is 10.9. The summed E-state index contributed by atoms with van der Waals surface area (Å²) in [4.78, 5) is 26.9. The predicted octanol–water partition coefficient (Wildman–Crippen LogP) is 2.93. The number of carbonyl (C=O) groups is 1. The molecule has 0 radical (unpaired) electrons. The lowest BCUT2D eigenvalue weighted by molar-refractivity contribution is 0.0954. The summed E-state index contributed by atoms with van der Waals surface area (Å²) in [5.41, 5.74) is 4.46. The van der Waals surface area contributed by atoms with Crippen LogP contribution in [0.3, 0.4) is 0 Å². The third-order valence-corrected chi connectivity index (χ3v) is 4.12. The molecule has 6 nitrogen and oxygen atoms in total. The van der Waals surface area contributed by atoms with Gasteiger partial charge in [0.05, 0.1) is 12.0 Å². The molecule has 0 fully saturated rings. The quantitative estimate of drug-likeness (QED) is 0.525. The minimum absolute atomic E-state index is 0.0863. The van der Waals surface area contributed by atoms with Crippen molar-refractivity contribution in [1.82, 2.24) is 25.3 Å². The monoisotopic (exact) mass is 331 g/mol. The number of fused-ring (bicyclic) bond motifs is 1. The summed E-state index contributed by atoms with van der Waals surface area (Å²) in [6.45, 7) is 0.547. The van der Waals surface area contributed by atoms with Crippen molar-refractivity contribution in [1.29, 1.82) is 0 Å². The van der Waals surface area contributed by atoms with Crippen LogP contribution in [-0.2, 0) is 6.42 Å². The molecular formula is C19H17N5O. The minimum Gasteiger partial charge on any atom is -0.352 e. The van der Waals surface area contributed by atoms with Crippen molar-refractivity contribution >= 4 is 16.9 Å². The highest BCUT2D eigenvalue weighted by atomic mass is 16.1. The zero-order valence-corrected chi connectivity index (χ0v) is 13.5. The highest BCUT2D eigenvalue weighted by molar-refractivity contribution is 5.98. The topological polar surface area (TPSA) is 86.5 Å². The summed E-state index contributed by atoms with van der Waals surface area (Å²) in [5.74, 6) is -0.0863. The first-order valence-corrected chi connectivity index (χ1v) is 8.09. The van der Waals surface area contributed by atoms with Crippen molar-refractivity contribution in [3.05, 3.63) is 72.6 Å². The van der Waals surface area contributed by atoms with E-state index in [1.54, 1.807) is 12.5 Å². The van der Waals surface area contributed by atoms with E-state index in [0.29, 0.717) is 18.5 Å². The SMILES string of the molecule is O=C(NCCc1c[nH]cn1)c1cccc(-c2ccnc3[nH]ccc23)c1. The van der Waals surface area contributed by atoms with Crippen LogP contribution in [0.2, 0.25) is 0 Å². The molecule has 0 saturated carbocycles. The second-order valence-corrected chi connectivity index (χ2v) is 5.75. The van der Waals surface area contributed by atoms with Gasteiger partial charge >= 0.3 is 0 Å². The summed E-state index contributed by atoms with van der Waals surface area (Å²) in [7, 11) is 0. The number of hydrogen-bond donors (Lipinski definition) is 3. The van der Waals surface area contributed by atoms with E-state index in [9.17, 15) is 4.79 Å². The van der Waals surface area contributed by atoms with Crippen LogP contribution in [0, 0.1) is 0 Å². The molecule has 1 aromatic carbocycles. The lowest BCUT2D eigenvalue weighted by Gasteiger charge is -2.08. The van der Waals surface area contributed by atoms with Crippen molar-refractivity contribution in [2.75, 3.05) is 6.54 Å². The summed E-state index contributed by atoms with van der Waals surface area (Å²) >= 11 is 0. The smallest absolute Gasteiger partial charge is 0.251 e. The van der Waals surface area contributed by atoms with E-state index in [0.717, 1.165) is 27.9 Å². The molecule has 3 N–H and O–H groups in total. The van der Waals surface area contributed by atoms with Crippen molar-refractivity contribution < 1.29 is 4.79 Å². The van der Waals surface area contributed by atoms with Crippen molar-refractivity contribution in [2.45, 2.75) is 6.42 Å². The molecule has 0 aliphatic rings. The Morgan fingerprint density at radius 2 is 2.12 bits per heavy atom. The van der Waals surface area contributed by atoms with E-state index >= 15 is 0 Å². The molecule has 0 bridgehead atoms. The van der Waals surface area contributed by atoms with Gasteiger partial charge in [-0.05, 0) is 35.4 Å². The number of carbonyl (C=O) groups excluding carboxylic acids is 1. The van der Waals surface area contributed by atoms with Gasteiger partial charge in [0.2, 0.25) is 0 Å². The fourth-order valence-electron chi connectivity index (χ4n) is 2.87. The molecule has 25 heavy (non-hydrogen) atoms. The van der Waals surface area contributed by atoms with E-state index in [1.807, 2.05) is 48.8 Å². The summed E-state index contributed by atoms with van der Waals surface area (Å²) < 4.78 is 0. The van der Waals surface area contributed by atoms with Gasteiger partial charge in [-0.1, -0.05) is 12.1 Å². The first kappa shape index (κ1) is 15.1. The van der Waals surface area contributed by atoms with E-state index in [2.05, 4.69) is 25.3 Å². The third-order valence-electron chi connectivity index (χ3n) is 4.12. The van der Waals surface area contributed by atoms with Gasteiger partial charge < -0.3 is 15.3 Å². The Balaban J connectivity index is 1.53. The van der Waals surface area contributed by atoms with Crippen molar-refractivity contribution in [2.24, 2.45) is 0 Å². The molecule has 4 aromatic rings. The Labute approximate surface area is 144 Å². The highest BCUT2D eigenvalue weighted by Crippen LogP contribution is 2.27. The largest absolute Gasteiger partial charge is 0.352 e. The summed E-state index contributed by atoms with van der Waals surface area (Å²) in [6.07, 6.45) is 7.80. The van der Waals surface area contributed by atoms with E-state index in [1.165, 1.54) is 0 Å². The second kappa shape index (κ2) is 6.60. The van der Waals surface area contributed by atoms with E-state index in [-0.39, 0.29) is 5.91 Å². The Morgan fingerprint density at radius 3 is 3.00 bits per heavy atom. The molecule has 0 atom stereocenters. The van der Waals surface area contributed by atoms with Gasteiger partial charge in [-0.25, -0.2) is 9.97 Å². The number of imidazole rings is 1. The van der Waals surface area contributed by atoms with Gasteiger partial charge in [-0.3, -0.25) is 4.79 Å². The van der Waals surface area contributed by atoms with Crippen LogP contribution in [0.25, 0.3) is 22.2 Å². The molecule has 3 heterocycles. The maximum atomic E-state index is 12.4. The van der Waals surface area contributed by atoms with Gasteiger partial charge in [0.1, 0.15) is 5.65 Å². The number of pyridine rings is 1. The van der Waals surface area contributed by atoms with E-state index < -0.39 is 0 Å². The van der Waals surface area contributed by atoms with Gasteiger partial charge in [-0.2, -0.15) is 0 Å². The zero-order valence-electron chi connectivity index (χ0n) is 13.5. The lowest BCUT2D eigenvalue weighted by Crippen LogP contribution is -2.25. The number of H-pyrrole nitrogens is 2. The fraction of sp³-hybridized carbons (Fsp3) is 0.105. The van der Waals surface area contributed by atoms with Crippen molar-refractivity contribution in [3.8, 4) is 11.1 Å². The fourth-order valence-corrected chi connectivity index (χ4v) is 2.87. The van der Waals surface area contributed by atoms with Crippen LogP contribution >= 0.6 is 0 Å². The Hall–Kier alpha value is -3.41. The molecule has 6 heteroatoms. The average molecular weight is 331 g/mol. The van der Waals surface area contributed by atoms with Crippen LogP contribution in [0.15, 0.2) is 61.3 Å². The molecule has 124 valence electrons. The van der Waals surface area contributed by atoms with Gasteiger partial charge in [-0.15, -0.1) is 0 Å². The van der Waals surface area contributed by atoms with Crippen LogP contribution in [0.1, 0.15) is 16.1 Å². The van der Waals surface area contributed by atoms with Crippen LogP contribution < -0.4 is 5.32 Å². The molecule has 3 aromatic heterocycles. The first-order valence-electron chi connectivity index (χ1n) is 8.09. The number of aromatic amines is 2. The highest BCUT2D eigenvalue weighted by Gasteiger charge is 2.09. The number of benzene rings is 1. The van der Waals surface area contributed by atoms with Crippen LogP contribution in [0.5, 0.6) is 0 Å². The summed E-state index contributed by atoms with van der Waals surface area (Å²) in [6, 6.07) is 11.6. The summed E-state index contributed by atoms with van der Waals surface area (Å²) in [5, 5.41) is 3.98. The van der Waals surface area contributed by atoms with Crippen LogP contribution in [-0.4, -0.2) is 32.4 Å². The average Bonchev–Trinajstić information content (AvgIpc) is 3.33. The van der Waals surface area contributed by atoms with E-state index in [4.69, 9.17) is 0 Å². The first-order chi connectivity index (χ1) is 12.3.